The second kappa shape index (κ2) is 4.50. The molecule has 2 heterocycles. The molecule has 0 unspecified atom stereocenters. The van der Waals surface area contributed by atoms with Crippen molar-refractivity contribution in [3.8, 4) is 0 Å². The van der Waals surface area contributed by atoms with E-state index < -0.39 is 0 Å². The molecular formula is C9H12N6S. The predicted octanol–water partition coefficient (Wildman–Crippen LogP) is 1.25. The Morgan fingerprint density at radius 3 is 2.81 bits per heavy atom. The monoisotopic (exact) mass is 236 g/mol. The van der Waals surface area contributed by atoms with Gasteiger partial charge in [-0.3, -0.25) is 0 Å². The van der Waals surface area contributed by atoms with Crippen LogP contribution in [-0.2, 0) is 0 Å². The fraction of sp³-hybridized carbons (Fsp3) is 0.222. The van der Waals surface area contributed by atoms with Crippen LogP contribution in [0.3, 0.4) is 0 Å². The van der Waals surface area contributed by atoms with Crippen molar-refractivity contribution in [1.29, 1.82) is 0 Å². The second-order valence-electron chi connectivity index (χ2n) is 3.19. The molecule has 0 spiro atoms. The Morgan fingerprint density at radius 1 is 1.38 bits per heavy atom. The number of hydrogen-bond donors (Lipinski definition) is 3. The zero-order valence-corrected chi connectivity index (χ0v) is 9.80. The van der Waals surface area contributed by atoms with Gasteiger partial charge in [-0.05, 0) is 25.6 Å². The number of nitrogens with zero attached hydrogens (tertiary/aromatic N) is 3. The van der Waals surface area contributed by atoms with Gasteiger partial charge >= 0.3 is 0 Å². The number of aryl methyl sites for hydroxylation is 1. The van der Waals surface area contributed by atoms with Crippen molar-refractivity contribution in [3.63, 3.8) is 0 Å². The summed E-state index contributed by atoms with van der Waals surface area (Å²) in [4.78, 5) is 15.7. The molecule has 0 radical (unpaired) electrons. The number of nitrogens with two attached hydrogens (primary N) is 1. The third-order valence-electron chi connectivity index (χ3n) is 2.02. The summed E-state index contributed by atoms with van der Waals surface area (Å²) in [5, 5.41) is 1.64. The van der Waals surface area contributed by atoms with E-state index in [4.69, 9.17) is 5.84 Å². The molecule has 6 nitrogen and oxygen atoms in total. The van der Waals surface area contributed by atoms with E-state index in [0.717, 1.165) is 15.7 Å². The first-order chi connectivity index (χ1) is 7.70. The molecule has 2 aromatic rings. The van der Waals surface area contributed by atoms with Gasteiger partial charge in [0, 0.05) is 18.0 Å². The zero-order valence-electron chi connectivity index (χ0n) is 8.98. The molecule has 0 atom stereocenters. The normalized spacial score (nSPS) is 10.4. The average Bonchev–Trinajstić information content (AvgIpc) is 2.75. The molecule has 2 aromatic heterocycles. The van der Waals surface area contributed by atoms with Crippen molar-refractivity contribution < 1.29 is 0 Å². The van der Waals surface area contributed by atoms with Gasteiger partial charge in [0.2, 0.25) is 0 Å². The molecule has 0 fully saturated rings. The zero-order chi connectivity index (χ0) is 11.5. The van der Waals surface area contributed by atoms with E-state index in [1.165, 1.54) is 11.8 Å². The van der Waals surface area contributed by atoms with Crippen molar-refractivity contribution in [2.75, 3.05) is 5.43 Å². The van der Waals surface area contributed by atoms with Crippen LogP contribution in [0.15, 0.2) is 22.6 Å². The first-order valence-corrected chi connectivity index (χ1v) is 5.51. The molecule has 0 saturated heterocycles. The third kappa shape index (κ3) is 2.15. The number of aromatic nitrogens is 4. The van der Waals surface area contributed by atoms with E-state index in [0.29, 0.717) is 11.6 Å². The highest BCUT2D eigenvalue weighted by atomic mass is 32.2. The summed E-state index contributed by atoms with van der Waals surface area (Å²) < 4.78 is 0. The minimum atomic E-state index is 0.640. The molecule has 0 aliphatic carbocycles. The first-order valence-electron chi connectivity index (χ1n) is 4.70. The topological polar surface area (TPSA) is 92.5 Å². The fourth-order valence-electron chi connectivity index (χ4n) is 1.24. The van der Waals surface area contributed by atoms with E-state index in [-0.39, 0.29) is 0 Å². The lowest BCUT2D eigenvalue weighted by atomic mass is 10.3. The second-order valence-corrected chi connectivity index (χ2v) is 4.17. The average molecular weight is 236 g/mol. The number of nitrogen functional groups attached to an aromatic ring is 1. The van der Waals surface area contributed by atoms with Crippen molar-refractivity contribution in [1.82, 2.24) is 19.9 Å². The largest absolute Gasteiger partial charge is 0.339 e. The molecule has 16 heavy (non-hydrogen) atoms. The lowest BCUT2D eigenvalue weighted by molar-refractivity contribution is 0.928. The quantitative estimate of drug-likeness (QED) is 0.422. The van der Waals surface area contributed by atoms with Gasteiger partial charge in [-0.2, -0.15) is 0 Å². The Labute approximate surface area is 97.1 Å². The van der Waals surface area contributed by atoms with E-state index in [9.17, 15) is 0 Å². The maximum Gasteiger partial charge on any atom is 0.171 e. The van der Waals surface area contributed by atoms with Gasteiger partial charge in [0.15, 0.2) is 5.16 Å². The van der Waals surface area contributed by atoms with Crippen LogP contribution in [0.4, 0.5) is 5.82 Å². The number of imidazole rings is 1. The molecule has 0 aliphatic heterocycles. The van der Waals surface area contributed by atoms with Crippen LogP contribution in [0.2, 0.25) is 0 Å². The standard InChI is InChI=1S/C9H12N6S/c1-5-7(15-10)13-6(2)14-8(5)16-9-11-3-4-12-9/h3-4H,10H2,1-2H3,(H,11,12)(H,13,14,15). The van der Waals surface area contributed by atoms with Crippen LogP contribution in [0.25, 0.3) is 0 Å². The van der Waals surface area contributed by atoms with Crippen molar-refractivity contribution in [2.45, 2.75) is 24.0 Å². The van der Waals surface area contributed by atoms with Crippen LogP contribution in [0.1, 0.15) is 11.4 Å². The molecule has 2 rings (SSSR count). The minimum Gasteiger partial charge on any atom is -0.339 e. The van der Waals surface area contributed by atoms with Crippen molar-refractivity contribution >= 4 is 17.6 Å². The lowest BCUT2D eigenvalue weighted by Crippen LogP contribution is -2.12. The highest BCUT2D eigenvalue weighted by molar-refractivity contribution is 7.99. The van der Waals surface area contributed by atoms with Gasteiger partial charge in [-0.25, -0.2) is 20.8 Å². The minimum absolute atomic E-state index is 0.640. The number of aromatic amines is 1. The Bertz CT molecular complexity index is 481. The molecule has 0 aromatic carbocycles. The molecule has 0 amide bonds. The lowest BCUT2D eigenvalue weighted by Gasteiger charge is -2.08. The number of rotatable bonds is 3. The first kappa shape index (κ1) is 10.9. The van der Waals surface area contributed by atoms with Crippen LogP contribution >= 0.6 is 11.8 Å². The van der Waals surface area contributed by atoms with Gasteiger partial charge < -0.3 is 10.4 Å². The molecule has 0 aliphatic rings. The molecule has 0 bridgehead atoms. The van der Waals surface area contributed by atoms with Gasteiger partial charge in [0.05, 0.1) is 0 Å². The smallest absolute Gasteiger partial charge is 0.171 e. The molecular weight excluding hydrogens is 224 g/mol. The van der Waals surface area contributed by atoms with Crippen LogP contribution in [0.5, 0.6) is 0 Å². The van der Waals surface area contributed by atoms with Gasteiger partial charge in [-0.15, -0.1) is 0 Å². The van der Waals surface area contributed by atoms with Gasteiger partial charge in [0.1, 0.15) is 16.7 Å². The Morgan fingerprint density at radius 2 is 2.19 bits per heavy atom. The summed E-state index contributed by atoms with van der Waals surface area (Å²) in [6.45, 7) is 3.74. The number of anilines is 1. The summed E-state index contributed by atoms with van der Waals surface area (Å²) in [5.74, 6) is 6.70. The summed E-state index contributed by atoms with van der Waals surface area (Å²) in [6, 6.07) is 0. The number of hydrazine groups is 1. The molecule has 0 saturated carbocycles. The third-order valence-corrected chi connectivity index (χ3v) is 3.02. The van der Waals surface area contributed by atoms with E-state index in [1.54, 1.807) is 12.4 Å². The van der Waals surface area contributed by atoms with E-state index in [2.05, 4.69) is 25.4 Å². The van der Waals surface area contributed by atoms with Gasteiger partial charge in [-0.1, -0.05) is 0 Å². The number of nitrogens with one attached hydrogen (secondary N) is 2. The van der Waals surface area contributed by atoms with Crippen LogP contribution in [-0.4, -0.2) is 19.9 Å². The van der Waals surface area contributed by atoms with Crippen molar-refractivity contribution in [2.24, 2.45) is 5.84 Å². The summed E-state index contributed by atoms with van der Waals surface area (Å²) >= 11 is 1.45. The highest BCUT2D eigenvalue weighted by Gasteiger charge is 2.10. The van der Waals surface area contributed by atoms with Gasteiger partial charge in [0.25, 0.3) is 0 Å². The predicted molar refractivity (Wildman–Crippen MR) is 62.0 cm³/mol. The summed E-state index contributed by atoms with van der Waals surface area (Å²) in [6.07, 6.45) is 3.47. The Hall–Kier alpha value is -1.60. The highest BCUT2D eigenvalue weighted by Crippen LogP contribution is 2.28. The van der Waals surface area contributed by atoms with Crippen molar-refractivity contribution in [3.05, 3.63) is 23.8 Å². The molecule has 84 valence electrons. The van der Waals surface area contributed by atoms with Crippen LogP contribution < -0.4 is 11.3 Å². The Kier molecular flexibility index (Phi) is 3.07. The maximum atomic E-state index is 5.39. The van der Waals surface area contributed by atoms with E-state index in [1.807, 2.05) is 13.8 Å². The van der Waals surface area contributed by atoms with E-state index >= 15 is 0 Å². The van der Waals surface area contributed by atoms with Crippen LogP contribution in [0, 0.1) is 13.8 Å². The Balaban J connectivity index is 2.36. The maximum absolute atomic E-state index is 5.39. The summed E-state index contributed by atoms with van der Waals surface area (Å²) in [7, 11) is 0. The number of hydrogen-bond acceptors (Lipinski definition) is 6. The molecule has 4 N–H and O–H groups in total. The SMILES string of the molecule is Cc1nc(NN)c(C)c(Sc2ncc[nH]2)n1. The summed E-state index contributed by atoms with van der Waals surface area (Å²) in [5.41, 5.74) is 3.47. The molecule has 7 heteroatoms. The fourth-order valence-corrected chi connectivity index (χ4v) is 2.09. The number of H-pyrrole nitrogens is 1.